The fourth-order valence-corrected chi connectivity index (χ4v) is 1.39. The van der Waals surface area contributed by atoms with Gasteiger partial charge < -0.3 is 32.9 Å². The number of nitrogens with one attached hydrogen (secondary N) is 2. The summed E-state index contributed by atoms with van der Waals surface area (Å²) in [5, 5.41) is 0. The summed E-state index contributed by atoms with van der Waals surface area (Å²) in [5.74, 6) is 0.323. The number of amides is 2. The lowest BCUT2D eigenvalue weighted by Crippen LogP contribution is -2.13. The molecule has 10 N–H and O–H groups in total. The Balaban J connectivity index is 0.000000200. The maximum Gasteiger partial charge on any atom is 0.269 e. The Labute approximate surface area is 113 Å². The van der Waals surface area contributed by atoms with Crippen molar-refractivity contribution in [3.8, 4) is 0 Å². The van der Waals surface area contributed by atoms with Crippen molar-refractivity contribution in [2.24, 2.45) is 11.5 Å². The molecule has 108 valence electrons. The van der Waals surface area contributed by atoms with Crippen LogP contribution < -0.4 is 22.9 Å². The molecule has 20 heavy (non-hydrogen) atoms. The van der Waals surface area contributed by atoms with Crippen LogP contribution in [0.5, 0.6) is 0 Å². The van der Waals surface area contributed by atoms with Gasteiger partial charge in [-0.1, -0.05) is 0 Å². The van der Waals surface area contributed by atoms with E-state index in [9.17, 15) is 9.59 Å². The van der Waals surface area contributed by atoms with Gasteiger partial charge in [0.2, 0.25) is 0 Å². The van der Waals surface area contributed by atoms with E-state index in [0.717, 1.165) is 0 Å². The maximum absolute atomic E-state index is 10.5. The van der Waals surface area contributed by atoms with Crippen LogP contribution in [0.25, 0.3) is 0 Å². The largest absolute Gasteiger partial charge is 0.382 e. The number of nitrogens with two attached hydrogens (primary N) is 4. The molecule has 0 atom stereocenters. The van der Waals surface area contributed by atoms with Crippen molar-refractivity contribution in [2.75, 3.05) is 11.5 Å². The normalized spacial score (nSPS) is 9.70. The number of aryl methyl sites for hydroxylation is 2. The minimum Gasteiger partial charge on any atom is -0.382 e. The number of aromatic nitrogens is 4. The number of H-pyrrole nitrogens is 2. The van der Waals surface area contributed by atoms with Crippen LogP contribution in [-0.4, -0.2) is 31.8 Å². The van der Waals surface area contributed by atoms with E-state index in [1.54, 1.807) is 13.8 Å². The second kappa shape index (κ2) is 5.73. The average molecular weight is 280 g/mol. The van der Waals surface area contributed by atoms with Gasteiger partial charge in [-0.25, -0.2) is 9.97 Å². The summed E-state index contributed by atoms with van der Waals surface area (Å²) in [6.45, 7) is 3.39. The van der Waals surface area contributed by atoms with Gasteiger partial charge in [0, 0.05) is 0 Å². The number of nitrogen functional groups attached to an aromatic ring is 2. The molecule has 10 heteroatoms. The fourth-order valence-electron chi connectivity index (χ4n) is 1.39. The molecule has 0 fully saturated rings. The van der Waals surface area contributed by atoms with E-state index in [2.05, 4.69) is 19.9 Å². The Morgan fingerprint density at radius 1 is 0.850 bits per heavy atom. The number of carbonyl (C=O) groups is 2. The number of anilines is 2. The van der Waals surface area contributed by atoms with Crippen LogP contribution in [0.15, 0.2) is 0 Å². The summed E-state index contributed by atoms with van der Waals surface area (Å²) in [7, 11) is 0. The molecular weight excluding hydrogens is 264 g/mol. The number of nitrogens with zero attached hydrogens (tertiary/aromatic N) is 2. The second-order valence-corrected chi connectivity index (χ2v) is 3.89. The number of hydrogen-bond acceptors (Lipinski definition) is 6. The van der Waals surface area contributed by atoms with E-state index >= 15 is 0 Å². The SMILES string of the molecule is Cc1nc(N)c(C(N)=O)[nH]1.Cc1nc(N)c(C(N)=O)[nH]1. The van der Waals surface area contributed by atoms with Crippen LogP contribution in [-0.2, 0) is 0 Å². The highest BCUT2D eigenvalue weighted by Gasteiger charge is 2.09. The molecule has 0 radical (unpaired) electrons. The van der Waals surface area contributed by atoms with E-state index in [0.29, 0.717) is 11.6 Å². The first kappa shape index (κ1) is 15.0. The number of primary amides is 2. The molecule has 2 aromatic rings. The van der Waals surface area contributed by atoms with Gasteiger partial charge in [0.25, 0.3) is 11.8 Å². The molecule has 0 aliphatic rings. The Morgan fingerprint density at radius 2 is 1.15 bits per heavy atom. The first-order valence-corrected chi connectivity index (χ1v) is 5.46. The van der Waals surface area contributed by atoms with Gasteiger partial charge in [0.15, 0.2) is 11.6 Å². The van der Waals surface area contributed by atoms with E-state index in [1.807, 2.05) is 0 Å². The molecule has 0 saturated carbocycles. The van der Waals surface area contributed by atoms with Crippen molar-refractivity contribution in [3.63, 3.8) is 0 Å². The summed E-state index contributed by atoms with van der Waals surface area (Å²) in [4.78, 5) is 33.8. The Morgan fingerprint density at radius 3 is 1.25 bits per heavy atom. The highest BCUT2D eigenvalue weighted by molar-refractivity contribution is 5.95. The molecule has 2 amide bonds. The molecule has 2 aromatic heterocycles. The minimum atomic E-state index is -0.585. The van der Waals surface area contributed by atoms with Crippen molar-refractivity contribution < 1.29 is 9.59 Å². The number of rotatable bonds is 2. The smallest absolute Gasteiger partial charge is 0.269 e. The van der Waals surface area contributed by atoms with E-state index in [4.69, 9.17) is 22.9 Å². The summed E-state index contributed by atoms with van der Waals surface area (Å²) in [6, 6.07) is 0. The zero-order valence-electron chi connectivity index (χ0n) is 11.0. The molecule has 0 unspecified atom stereocenters. The molecular formula is C10H16N8O2. The standard InChI is InChI=1S/2C5H8N4O/c2*1-2-8-3(5(7)10)4(6)9-2/h2*6H2,1H3,(H2,7,10)(H,8,9). The van der Waals surface area contributed by atoms with Gasteiger partial charge >= 0.3 is 0 Å². The zero-order chi connectivity index (χ0) is 15.4. The Kier molecular flexibility index (Phi) is 4.31. The molecule has 0 aliphatic heterocycles. The van der Waals surface area contributed by atoms with Crippen LogP contribution in [0.4, 0.5) is 11.6 Å². The van der Waals surface area contributed by atoms with E-state index in [-0.39, 0.29) is 23.0 Å². The first-order valence-electron chi connectivity index (χ1n) is 5.46. The molecule has 0 bridgehead atoms. The molecule has 0 aliphatic carbocycles. The van der Waals surface area contributed by atoms with Crippen molar-refractivity contribution in [1.29, 1.82) is 0 Å². The van der Waals surface area contributed by atoms with Crippen LogP contribution in [0, 0.1) is 13.8 Å². The van der Waals surface area contributed by atoms with Crippen LogP contribution in [0.3, 0.4) is 0 Å². The zero-order valence-corrected chi connectivity index (χ0v) is 11.0. The Bertz CT molecular complexity index is 585. The van der Waals surface area contributed by atoms with Crippen LogP contribution in [0.1, 0.15) is 32.6 Å². The molecule has 10 nitrogen and oxygen atoms in total. The predicted molar refractivity (Wildman–Crippen MR) is 72.5 cm³/mol. The fraction of sp³-hybridized carbons (Fsp3) is 0.200. The van der Waals surface area contributed by atoms with Crippen molar-refractivity contribution in [3.05, 3.63) is 23.0 Å². The monoisotopic (exact) mass is 280 g/mol. The van der Waals surface area contributed by atoms with Gasteiger partial charge in [0.05, 0.1) is 0 Å². The predicted octanol–water partition coefficient (Wildman–Crippen LogP) is -1.20. The highest BCUT2D eigenvalue weighted by Crippen LogP contribution is 2.05. The number of aromatic amines is 2. The quantitative estimate of drug-likeness (QED) is 0.399. The van der Waals surface area contributed by atoms with Gasteiger partial charge in [0.1, 0.15) is 23.0 Å². The summed E-state index contributed by atoms with van der Waals surface area (Å²) in [6.07, 6.45) is 0. The molecule has 0 spiro atoms. The van der Waals surface area contributed by atoms with Crippen molar-refractivity contribution in [2.45, 2.75) is 13.8 Å². The molecule has 0 aromatic carbocycles. The molecule has 2 rings (SSSR count). The summed E-state index contributed by atoms with van der Waals surface area (Å²) >= 11 is 0. The lowest BCUT2D eigenvalue weighted by molar-refractivity contribution is 0.0988. The third-order valence-electron chi connectivity index (χ3n) is 2.19. The minimum absolute atomic E-state index is 0.157. The number of imidazole rings is 2. The van der Waals surface area contributed by atoms with E-state index < -0.39 is 11.8 Å². The topological polar surface area (TPSA) is 196 Å². The van der Waals surface area contributed by atoms with Crippen LogP contribution >= 0.6 is 0 Å². The van der Waals surface area contributed by atoms with E-state index in [1.165, 1.54) is 0 Å². The Hall–Kier alpha value is -3.04. The van der Waals surface area contributed by atoms with Crippen LogP contribution in [0.2, 0.25) is 0 Å². The second-order valence-electron chi connectivity index (χ2n) is 3.89. The summed E-state index contributed by atoms with van der Waals surface area (Å²) in [5.41, 5.74) is 20.8. The van der Waals surface area contributed by atoms with Crippen molar-refractivity contribution in [1.82, 2.24) is 19.9 Å². The van der Waals surface area contributed by atoms with Gasteiger partial charge in [-0.2, -0.15) is 0 Å². The van der Waals surface area contributed by atoms with Gasteiger partial charge in [-0.15, -0.1) is 0 Å². The number of carbonyl (C=O) groups excluding carboxylic acids is 2. The maximum atomic E-state index is 10.5. The average Bonchev–Trinajstić information content (AvgIpc) is 2.82. The van der Waals surface area contributed by atoms with Gasteiger partial charge in [-0.3, -0.25) is 9.59 Å². The number of hydrogen-bond donors (Lipinski definition) is 6. The molecule has 2 heterocycles. The third kappa shape index (κ3) is 3.48. The highest BCUT2D eigenvalue weighted by atomic mass is 16.1. The lowest BCUT2D eigenvalue weighted by atomic mass is 10.4. The molecule has 0 saturated heterocycles. The lowest BCUT2D eigenvalue weighted by Gasteiger charge is -1.87. The third-order valence-corrected chi connectivity index (χ3v) is 2.19. The summed E-state index contributed by atoms with van der Waals surface area (Å²) < 4.78 is 0. The van der Waals surface area contributed by atoms with Crippen molar-refractivity contribution >= 4 is 23.5 Å². The van der Waals surface area contributed by atoms with Gasteiger partial charge in [-0.05, 0) is 13.8 Å². The first-order chi connectivity index (χ1) is 9.22.